The second kappa shape index (κ2) is 8.67. The largest absolute Gasteiger partial charge is 0.355 e. The Bertz CT molecular complexity index is 712. The first-order valence-corrected chi connectivity index (χ1v) is 10.7. The summed E-state index contributed by atoms with van der Waals surface area (Å²) in [6.45, 7) is 7.59. The van der Waals surface area contributed by atoms with Crippen molar-refractivity contribution in [3.8, 4) is 0 Å². The number of hydrogen-bond donors (Lipinski definition) is 2. The van der Waals surface area contributed by atoms with Gasteiger partial charge in [-0.1, -0.05) is 19.1 Å². The van der Waals surface area contributed by atoms with E-state index >= 15 is 0 Å². The van der Waals surface area contributed by atoms with Crippen LogP contribution in [0.25, 0.3) is 0 Å². The minimum absolute atomic E-state index is 0.387. The Hall–Kier alpha value is -1.60. The van der Waals surface area contributed by atoms with Gasteiger partial charge in [0.2, 0.25) is 0 Å². The molecule has 1 aromatic rings. The molecule has 140 valence electrons. The summed E-state index contributed by atoms with van der Waals surface area (Å²) in [5.41, 5.74) is 1.80. The molecule has 0 saturated heterocycles. The summed E-state index contributed by atoms with van der Waals surface area (Å²) in [7, 11) is -1.42. The maximum atomic E-state index is 11.7. The van der Waals surface area contributed by atoms with Crippen LogP contribution in [0.15, 0.2) is 28.1 Å². The van der Waals surface area contributed by atoms with Crippen LogP contribution in [0.4, 0.5) is 0 Å². The Labute approximate surface area is 151 Å². The lowest BCUT2D eigenvalue weighted by Gasteiger charge is -2.20. The lowest BCUT2D eigenvalue weighted by atomic mass is 10.1. The van der Waals surface area contributed by atoms with E-state index in [1.807, 2.05) is 19.1 Å². The van der Waals surface area contributed by atoms with Gasteiger partial charge in [0.15, 0.2) is 15.8 Å². The molecule has 0 spiro atoms. The van der Waals surface area contributed by atoms with Gasteiger partial charge < -0.3 is 10.6 Å². The number of rotatable bonds is 8. The molecule has 1 aliphatic rings. The Balaban J connectivity index is 1.83. The molecule has 1 saturated carbocycles. The molecule has 0 amide bonds. The average molecular weight is 367 g/mol. The summed E-state index contributed by atoms with van der Waals surface area (Å²) in [5.74, 6) is 0.761. The van der Waals surface area contributed by atoms with Crippen LogP contribution < -0.4 is 10.6 Å². The van der Waals surface area contributed by atoms with Gasteiger partial charge in [0.05, 0.1) is 4.90 Å². The first-order valence-electron chi connectivity index (χ1n) is 8.83. The third-order valence-electron chi connectivity index (χ3n) is 4.48. The average Bonchev–Trinajstić information content (AvgIpc) is 3.38. The molecule has 0 bridgehead atoms. The van der Waals surface area contributed by atoms with E-state index in [4.69, 9.17) is 0 Å². The zero-order chi connectivity index (χ0) is 18.4. The van der Waals surface area contributed by atoms with Gasteiger partial charge in [-0.2, -0.15) is 0 Å². The first kappa shape index (κ1) is 19.7. The van der Waals surface area contributed by atoms with Crippen LogP contribution in [0.2, 0.25) is 0 Å². The number of aliphatic imine (C=N–C) groups is 1. The van der Waals surface area contributed by atoms with Crippen LogP contribution in [0.1, 0.15) is 30.9 Å². The van der Waals surface area contributed by atoms with Gasteiger partial charge in [-0.05, 0) is 43.5 Å². The monoisotopic (exact) mass is 366 g/mol. The van der Waals surface area contributed by atoms with Gasteiger partial charge in [-0.15, -0.1) is 0 Å². The summed E-state index contributed by atoms with van der Waals surface area (Å²) in [4.78, 5) is 7.13. The maximum Gasteiger partial charge on any atom is 0.191 e. The van der Waals surface area contributed by atoms with Crippen LogP contribution in [0.5, 0.6) is 0 Å². The summed E-state index contributed by atoms with van der Waals surface area (Å²) >= 11 is 0. The minimum Gasteiger partial charge on any atom is -0.355 e. The quantitative estimate of drug-likeness (QED) is 0.539. The number of sulfone groups is 1. The summed E-state index contributed by atoms with van der Waals surface area (Å²) in [5, 5.41) is 6.62. The number of aryl methyl sites for hydroxylation is 1. The number of nitrogens with one attached hydrogen (secondary N) is 2. The van der Waals surface area contributed by atoms with Crippen molar-refractivity contribution in [2.24, 2.45) is 4.99 Å². The van der Waals surface area contributed by atoms with E-state index in [9.17, 15) is 8.42 Å². The van der Waals surface area contributed by atoms with Gasteiger partial charge in [-0.3, -0.25) is 9.89 Å². The fraction of sp³-hybridized carbons (Fsp3) is 0.611. The fourth-order valence-electron chi connectivity index (χ4n) is 3.00. The molecule has 25 heavy (non-hydrogen) atoms. The van der Waals surface area contributed by atoms with Crippen molar-refractivity contribution < 1.29 is 8.42 Å². The number of nitrogens with zero attached hydrogens (tertiary/aromatic N) is 2. The highest BCUT2D eigenvalue weighted by Crippen LogP contribution is 2.25. The SMILES string of the molecule is CCN(CCNC(=NC)NCc1ccc(S(C)(=O)=O)c(C)c1)C1CC1. The highest BCUT2D eigenvalue weighted by atomic mass is 32.2. The molecule has 1 aromatic carbocycles. The Kier molecular flexibility index (Phi) is 6.84. The Morgan fingerprint density at radius 3 is 2.56 bits per heavy atom. The number of benzene rings is 1. The molecule has 7 heteroatoms. The molecule has 2 N–H and O–H groups in total. The molecule has 0 unspecified atom stereocenters. The van der Waals surface area contributed by atoms with Crippen molar-refractivity contribution >= 4 is 15.8 Å². The third kappa shape index (κ3) is 6.01. The smallest absolute Gasteiger partial charge is 0.191 e. The second-order valence-corrected chi connectivity index (χ2v) is 8.57. The van der Waals surface area contributed by atoms with Crippen molar-refractivity contribution in [2.75, 3.05) is 32.9 Å². The van der Waals surface area contributed by atoms with Crippen LogP contribution in [0, 0.1) is 6.92 Å². The molecule has 6 nitrogen and oxygen atoms in total. The van der Waals surface area contributed by atoms with Crippen molar-refractivity contribution in [1.82, 2.24) is 15.5 Å². The number of likely N-dealkylation sites (N-methyl/N-ethyl adjacent to an activating group) is 1. The molecule has 0 aliphatic heterocycles. The fourth-order valence-corrected chi connectivity index (χ4v) is 3.96. The topological polar surface area (TPSA) is 73.8 Å². The molecule has 0 heterocycles. The zero-order valence-electron chi connectivity index (χ0n) is 15.7. The summed E-state index contributed by atoms with van der Waals surface area (Å²) < 4.78 is 23.4. The van der Waals surface area contributed by atoms with Crippen LogP contribution >= 0.6 is 0 Å². The predicted molar refractivity (Wildman–Crippen MR) is 103 cm³/mol. The van der Waals surface area contributed by atoms with Crippen LogP contribution in [-0.2, 0) is 16.4 Å². The van der Waals surface area contributed by atoms with Crippen molar-refractivity contribution in [2.45, 2.75) is 44.2 Å². The van der Waals surface area contributed by atoms with E-state index in [-0.39, 0.29) is 0 Å². The van der Waals surface area contributed by atoms with E-state index < -0.39 is 9.84 Å². The molecule has 0 aromatic heterocycles. The second-order valence-electron chi connectivity index (χ2n) is 6.58. The van der Waals surface area contributed by atoms with Gasteiger partial charge in [0.1, 0.15) is 0 Å². The van der Waals surface area contributed by atoms with Crippen molar-refractivity contribution in [1.29, 1.82) is 0 Å². The molecular formula is C18H30N4O2S. The zero-order valence-corrected chi connectivity index (χ0v) is 16.5. The highest BCUT2D eigenvalue weighted by Gasteiger charge is 2.27. The van der Waals surface area contributed by atoms with Crippen molar-refractivity contribution in [3.05, 3.63) is 29.3 Å². The maximum absolute atomic E-state index is 11.7. The predicted octanol–water partition coefficient (Wildman–Crippen LogP) is 1.55. The summed E-state index contributed by atoms with van der Waals surface area (Å²) in [6.07, 6.45) is 3.88. The van der Waals surface area contributed by atoms with E-state index in [0.29, 0.717) is 11.4 Å². The lowest BCUT2D eigenvalue weighted by Crippen LogP contribution is -2.41. The van der Waals surface area contributed by atoms with Crippen molar-refractivity contribution in [3.63, 3.8) is 0 Å². The van der Waals surface area contributed by atoms with Crippen LogP contribution in [-0.4, -0.2) is 58.3 Å². The van der Waals surface area contributed by atoms with E-state index in [1.54, 1.807) is 13.1 Å². The van der Waals surface area contributed by atoms with E-state index in [2.05, 4.69) is 27.4 Å². The van der Waals surface area contributed by atoms with Gasteiger partial charge >= 0.3 is 0 Å². The third-order valence-corrected chi connectivity index (χ3v) is 5.74. The Morgan fingerprint density at radius 2 is 2.04 bits per heavy atom. The van der Waals surface area contributed by atoms with Crippen LogP contribution in [0.3, 0.4) is 0 Å². The van der Waals surface area contributed by atoms with Gasteiger partial charge in [0, 0.05) is 39.0 Å². The normalized spacial score (nSPS) is 15.5. The molecule has 0 radical (unpaired) electrons. The molecule has 0 atom stereocenters. The van der Waals surface area contributed by atoms with E-state index in [1.165, 1.54) is 19.1 Å². The number of hydrogen-bond acceptors (Lipinski definition) is 4. The standard InChI is InChI=1S/C18H30N4O2S/c1-5-22(16-7-8-16)11-10-20-18(19-3)21-13-15-6-9-17(14(2)12-15)25(4,23)24/h6,9,12,16H,5,7-8,10-11,13H2,1-4H3,(H2,19,20,21). The van der Waals surface area contributed by atoms with Gasteiger partial charge in [-0.25, -0.2) is 8.42 Å². The highest BCUT2D eigenvalue weighted by molar-refractivity contribution is 7.90. The molecule has 1 aliphatic carbocycles. The summed E-state index contributed by atoms with van der Waals surface area (Å²) in [6, 6.07) is 6.20. The molecule has 1 fully saturated rings. The first-order chi connectivity index (χ1) is 11.8. The van der Waals surface area contributed by atoms with E-state index in [0.717, 1.165) is 42.8 Å². The lowest BCUT2D eigenvalue weighted by molar-refractivity contribution is 0.282. The minimum atomic E-state index is -3.17. The molecule has 2 rings (SSSR count). The Morgan fingerprint density at radius 1 is 1.32 bits per heavy atom. The molecular weight excluding hydrogens is 336 g/mol. The number of guanidine groups is 1. The van der Waals surface area contributed by atoms with Gasteiger partial charge in [0.25, 0.3) is 0 Å².